The maximum Gasteiger partial charge on any atom is 0.246 e. The largest absolute Gasteiger partial charge is 0.497 e. The monoisotopic (exact) mass is 273 g/mol. The normalized spacial score (nSPS) is 17.1. The summed E-state index contributed by atoms with van der Waals surface area (Å²) in [5.41, 5.74) is 2.06. The maximum atomic E-state index is 12.2. The Morgan fingerprint density at radius 3 is 2.40 bits per heavy atom. The van der Waals surface area contributed by atoms with Gasteiger partial charge in [0.15, 0.2) is 0 Å². The van der Waals surface area contributed by atoms with Crippen LogP contribution in [-0.2, 0) is 4.79 Å². The van der Waals surface area contributed by atoms with Crippen molar-refractivity contribution in [2.75, 3.05) is 20.2 Å². The van der Waals surface area contributed by atoms with Crippen LogP contribution in [0.2, 0.25) is 0 Å². The molecule has 1 aliphatic heterocycles. The van der Waals surface area contributed by atoms with E-state index in [0.717, 1.165) is 48.7 Å². The van der Waals surface area contributed by atoms with Gasteiger partial charge in [-0.15, -0.1) is 0 Å². The molecule has 20 heavy (non-hydrogen) atoms. The Labute approximate surface area is 121 Å². The van der Waals surface area contributed by atoms with Crippen molar-refractivity contribution in [2.45, 2.75) is 26.7 Å². The zero-order valence-corrected chi connectivity index (χ0v) is 12.6. The number of rotatable bonds is 3. The zero-order chi connectivity index (χ0) is 14.5. The van der Waals surface area contributed by atoms with Crippen LogP contribution in [0.1, 0.15) is 32.3 Å². The van der Waals surface area contributed by atoms with Crippen molar-refractivity contribution in [1.29, 1.82) is 0 Å². The molecule has 1 fully saturated rings. The van der Waals surface area contributed by atoms with Gasteiger partial charge >= 0.3 is 0 Å². The highest BCUT2D eigenvalue weighted by molar-refractivity contribution is 5.94. The molecular formula is C17H23NO2. The first-order valence-electron chi connectivity index (χ1n) is 7.22. The third kappa shape index (κ3) is 3.62. The van der Waals surface area contributed by atoms with E-state index in [1.54, 1.807) is 13.2 Å². The van der Waals surface area contributed by atoms with E-state index >= 15 is 0 Å². The molecule has 3 nitrogen and oxygen atoms in total. The number of amides is 1. The molecule has 1 aromatic rings. The summed E-state index contributed by atoms with van der Waals surface area (Å²) in [4.78, 5) is 14.2. The SMILES string of the molecule is COc1ccc(/C(C)=C/C(=O)N2CCC(C)CC2)cc1. The minimum absolute atomic E-state index is 0.130. The Hall–Kier alpha value is -1.77. The summed E-state index contributed by atoms with van der Waals surface area (Å²) in [5, 5.41) is 0. The summed E-state index contributed by atoms with van der Waals surface area (Å²) in [5.74, 6) is 1.70. The van der Waals surface area contributed by atoms with Crippen LogP contribution in [0.15, 0.2) is 30.3 Å². The van der Waals surface area contributed by atoms with E-state index in [0.29, 0.717) is 0 Å². The molecule has 0 spiro atoms. The number of methoxy groups -OCH3 is 1. The third-order valence-electron chi connectivity index (χ3n) is 3.98. The van der Waals surface area contributed by atoms with Crippen molar-refractivity contribution >= 4 is 11.5 Å². The number of allylic oxidation sites excluding steroid dienone is 1. The molecule has 0 N–H and O–H groups in total. The first-order chi connectivity index (χ1) is 9.60. The van der Waals surface area contributed by atoms with E-state index in [1.165, 1.54) is 0 Å². The molecule has 0 saturated carbocycles. The Kier molecular flexibility index (Phi) is 4.83. The lowest BCUT2D eigenvalue weighted by atomic mass is 9.99. The molecule has 1 aliphatic rings. The Bertz CT molecular complexity index is 482. The van der Waals surface area contributed by atoms with Crippen LogP contribution in [0, 0.1) is 5.92 Å². The molecular weight excluding hydrogens is 250 g/mol. The Morgan fingerprint density at radius 2 is 1.85 bits per heavy atom. The minimum Gasteiger partial charge on any atom is -0.497 e. The Morgan fingerprint density at radius 1 is 1.25 bits per heavy atom. The predicted octanol–water partition coefficient (Wildman–Crippen LogP) is 3.36. The minimum atomic E-state index is 0.130. The fourth-order valence-electron chi connectivity index (χ4n) is 2.44. The summed E-state index contributed by atoms with van der Waals surface area (Å²) < 4.78 is 5.14. The molecule has 1 aromatic carbocycles. The van der Waals surface area contributed by atoms with E-state index < -0.39 is 0 Å². The Balaban J connectivity index is 2.03. The molecule has 0 unspecified atom stereocenters. The van der Waals surface area contributed by atoms with Gasteiger partial charge in [-0.1, -0.05) is 19.1 Å². The summed E-state index contributed by atoms with van der Waals surface area (Å²) in [6.45, 7) is 5.99. The van der Waals surface area contributed by atoms with Gasteiger partial charge in [0, 0.05) is 19.2 Å². The van der Waals surface area contributed by atoms with Crippen molar-refractivity contribution in [1.82, 2.24) is 4.90 Å². The van der Waals surface area contributed by atoms with Crippen molar-refractivity contribution in [3.8, 4) is 5.75 Å². The van der Waals surface area contributed by atoms with Crippen LogP contribution in [-0.4, -0.2) is 31.0 Å². The molecule has 108 valence electrons. The molecule has 0 atom stereocenters. The van der Waals surface area contributed by atoms with Gasteiger partial charge in [0.25, 0.3) is 0 Å². The van der Waals surface area contributed by atoms with Crippen molar-refractivity contribution in [3.05, 3.63) is 35.9 Å². The molecule has 1 heterocycles. The van der Waals surface area contributed by atoms with Crippen molar-refractivity contribution in [2.24, 2.45) is 5.92 Å². The number of benzene rings is 1. The summed E-state index contributed by atoms with van der Waals surface area (Å²) in [6, 6.07) is 7.80. The lowest BCUT2D eigenvalue weighted by molar-refractivity contribution is -0.127. The van der Waals surface area contributed by atoms with E-state index in [4.69, 9.17) is 4.74 Å². The van der Waals surface area contributed by atoms with Crippen LogP contribution in [0.5, 0.6) is 5.75 Å². The third-order valence-corrected chi connectivity index (χ3v) is 3.98. The molecule has 2 rings (SSSR count). The van der Waals surface area contributed by atoms with Gasteiger partial charge in [0.1, 0.15) is 5.75 Å². The van der Waals surface area contributed by atoms with Crippen LogP contribution in [0.3, 0.4) is 0 Å². The number of carbonyl (C=O) groups is 1. The maximum absolute atomic E-state index is 12.2. The lowest BCUT2D eigenvalue weighted by Crippen LogP contribution is -2.36. The van der Waals surface area contributed by atoms with Gasteiger partial charge in [-0.05, 0) is 49.0 Å². The number of hydrogen-bond donors (Lipinski definition) is 0. The van der Waals surface area contributed by atoms with E-state index in [-0.39, 0.29) is 5.91 Å². The van der Waals surface area contributed by atoms with Crippen LogP contribution in [0.4, 0.5) is 0 Å². The van der Waals surface area contributed by atoms with Crippen molar-refractivity contribution in [3.63, 3.8) is 0 Å². The van der Waals surface area contributed by atoms with Gasteiger partial charge in [-0.2, -0.15) is 0 Å². The number of ether oxygens (including phenoxy) is 1. The fraction of sp³-hybridized carbons (Fsp3) is 0.471. The molecule has 0 radical (unpaired) electrons. The topological polar surface area (TPSA) is 29.5 Å². The number of piperidine rings is 1. The van der Waals surface area contributed by atoms with Gasteiger partial charge in [-0.25, -0.2) is 0 Å². The summed E-state index contributed by atoms with van der Waals surface area (Å²) in [7, 11) is 1.65. The first-order valence-corrected chi connectivity index (χ1v) is 7.22. The smallest absolute Gasteiger partial charge is 0.246 e. The van der Waals surface area contributed by atoms with Gasteiger partial charge in [0.05, 0.1) is 7.11 Å². The lowest BCUT2D eigenvalue weighted by Gasteiger charge is -2.29. The predicted molar refractivity (Wildman–Crippen MR) is 81.6 cm³/mol. The van der Waals surface area contributed by atoms with E-state index in [9.17, 15) is 4.79 Å². The second-order valence-corrected chi connectivity index (χ2v) is 5.56. The molecule has 3 heteroatoms. The average Bonchev–Trinajstić information content (AvgIpc) is 2.48. The highest BCUT2D eigenvalue weighted by atomic mass is 16.5. The van der Waals surface area contributed by atoms with Gasteiger partial charge < -0.3 is 9.64 Å². The summed E-state index contributed by atoms with van der Waals surface area (Å²) in [6.07, 6.45) is 3.97. The van der Waals surface area contributed by atoms with E-state index in [1.807, 2.05) is 36.1 Å². The second kappa shape index (κ2) is 6.60. The molecule has 0 bridgehead atoms. The van der Waals surface area contributed by atoms with E-state index in [2.05, 4.69) is 6.92 Å². The second-order valence-electron chi connectivity index (χ2n) is 5.56. The average molecular weight is 273 g/mol. The van der Waals surface area contributed by atoms with Crippen molar-refractivity contribution < 1.29 is 9.53 Å². The molecule has 0 aliphatic carbocycles. The van der Waals surface area contributed by atoms with Crippen LogP contribution < -0.4 is 4.74 Å². The number of nitrogens with zero attached hydrogens (tertiary/aromatic N) is 1. The van der Waals surface area contributed by atoms with Gasteiger partial charge in [-0.3, -0.25) is 4.79 Å². The van der Waals surface area contributed by atoms with Crippen LogP contribution in [0.25, 0.3) is 5.57 Å². The number of hydrogen-bond acceptors (Lipinski definition) is 2. The zero-order valence-electron chi connectivity index (χ0n) is 12.6. The van der Waals surface area contributed by atoms with Crippen LogP contribution >= 0.6 is 0 Å². The quantitative estimate of drug-likeness (QED) is 0.790. The number of carbonyl (C=O) groups excluding carboxylic acids is 1. The highest BCUT2D eigenvalue weighted by Crippen LogP contribution is 2.20. The van der Waals surface area contributed by atoms with Gasteiger partial charge in [0.2, 0.25) is 5.91 Å². The molecule has 0 aromatic heterocycles. The first kappa shape index (κ1) is 14.6. The molecule has 1 amide bonds. The fourth-order valence-corrected chi connectivity index (χ4v) is 2.44. The summed E-state index contributed by atoms with van der Waals surface area (Å²) >= 11 is 0. The highest BCUT2D eigenvalue weighted by Gasteiger charge is 2.18. The standard InChI is InChI=1S/C17H23NO2/c1-13-8-10-18(11-9-13)17(19)12-14(2)15-4-6-16(20-3)7-5-15/h4-7,12-13H,8-11H2,1-3H3/b14-12+. The number of likely N-dealkylation sites (tertiary alicyclic amines) is 1. The molecule has 1 saturated heterocycles.